The Bertz CT molecular complexity index is 575. The summed E-state index contributed by atoms with van der Waals surface area (Å²) in [4.78, 5) is 11.4. The van der Waals surface area contributed by atoms with Crippen molar-refractivity contribution >= 4 is 16.1 Å². The molecule has 0 amide bonds. The fourth-order valence-electron chi connectivity index (χ4n) is 1.95. The van der Waals surface area contributed by atoms with Crippen LogP contribution in [0.4, 0.5) is 0 Å². The summed E-state index contributed by atoms with van der Waals surface area (Å²) in [5.41, 5.74) is 0. The third kappa shape index (κ3) is 7.38. The van der Waals surface area contributed by atoms with Crippen molar-refractivity contribution in [2.75, 3.05) is 0 Å². The van der Waals surface area contributed by atoms with Crippen molar-refractivity contribution < 1.29 is 22.5 Å². The maximum Gasteiger partial charge on any atom is 0.311 e. The van der Waals surface area contributed by atoms with Gasteiger partial charge in [0.15, 0.2) is 0 Å². The second kappa shape index (κ2) is 9.38. The van der Waals surface area contributed by atoms with Crippen LogP contribution in [0.15, 0.2) is 41.8 Å². The molecular formula is C16H22O5S. The van der Waals surface area contributed by atoms with E-state index in [0.717, 1.165) is 38.5 Å². The predicted molar refractivity (Wildman–Crippen MR) is 84.4 cm³/mol. The van der Waals surface area contributed by atoms with Gasteiger partial charge in [-0.1, -0.05) is 25.3 Å². The summed E-state index contributed by atoms with van der Waals surface area (Å²) in [5.74, 6) is -0.0749. The summed E-state index contributed by atoms with van der Waals surface area (Å²) >= 11 is 0. The van der Waals surface area contributed by atoms with Crippen LogP contribution in [0.2, 0.25) is 0 Å². The first kappa shape index (κ1) is 18.4. The number of esters is 1. The van der Waals surface area contributed by atoms with Gasteiger partial charge in [-0.15, -0.1) is 6.58 Å². The van der Waals surface area contributed by atoms with Crippen molar-refractivity contribution in [3.63, 3.8) is 0 Å². The Morgan fingerprint density at radius 2 is 1.68 bits per heavy atom. The Kier molecular flexibility index (Phi) is 7.84. The smallest absolute Gasteiger partial charge is 0.311 e. The van der Waals surface area contributed by atoms with Crippen molar-refractivity contribution in [1.82, 2.24) is 0 Å². The fraction of sp³-hybridized carbons (Fsp3) is 0.438. The number of hydrogen-bond donors (Lipinski definition) is 1. The second-order valence-electron chi connectivity index (χ2n) is 5.02. The molecule has 5 nitrogen and oxygen atoms in total. The van der Waals surface area contributed by atoms with Crippen LogP contribution >= 0.6 is 0 Å². The molecule has 0 radical (unpaired) electrons. The normalized spacial score (nSPS) is 11.1. The van der Waals surface area contributed by atoms with Crippen LogP contribution in [0.3, 0.4) is 0 Å². The van der Waals surface area contributed by atoms with Crippen LogP contribution < -0.4 is 4.74 Å². The molecule has 6 heteroatoms. The van der Waals surface area contributed by atoms with E-state index in [1.807, 2.05) is 6.08 Å². The quantitative estimate of drug-likeness (QED) is 0.233. The van der Waals surface area contributed by atoms with Gasteiger partial charge in [0, 0.05) is 6.42 Å². The van der Waals surface area contributed by atoms with Crippen LogP contribution in [0.25, 0.3) is 0 Å². The molecule has 0 aliphatic rings. The Labute approximate surface area is 131 Å². The molecule has 1 aromatic rings. The lowest BCUT2D eigenvalue weighted by Crippen LogP contribution is -2.07. The highest BCUT2D eigenvalue weighted by molar-refractivity contribution is 7.85. The molecule has 0 heterocycles. The minimum absolute atomic E-state index is 0.230. The number of carbonyl (C=O) groups excluding carboxylic acids is 1. The van der Waals surface area contributed by atoms with E-state index in [1.165, 1.54) is 24.3 Å². The monoisotopic (exact) mass is 326 g/mol. The molecule has 0 aliphatic carbocycles. The molecule has 0 saturated carbocycles. The van der Waals surface area contributed by atoms with Gasteiger partial charge in [-0.2, -0.15) is 8.42 Å². The van der Waals surface area contributed by atoms with Crippen LogP contribution in [-0.4, -0.2) is 18.9 Å². The van der Waals surface area contributed by atoms with E-state index < -0.39 is 10.1 Å². The molecule has 0 spiro atoms. The lowest BCUT2D eigenvalue weighted by molar-refractivity contribution is -0.134. The third-order valence-electron chi connectivity index (χ3n) is 3.14. The molecule has 1 aromatic carbocycles. The van der Waals surface area contributed by atoms with Gasteiger partial charge in [0.05, 0.1) is 4.90 Å². The molecule has 0 saturated heterocycles. The van der Waals surface area contributed by atoms with Crippen LogP contribution in [0.1, 0.15) is 44.9 Å². The summed E-state index contributed by atoms with van der Waals surface area (Å²) in [6, 6.07) is 5.07. The van der Waals surface area contributed by atoms with Crippen molar-refractivity contribution in [3.05, 3.63) is 36.9 Å². The summed E-state index contributed by atoms with van der Waals surface area (Å²) in [6.45, 7) is 3.67. The van der Waals surface area contributed by atoms with Crippen molar-refractivity contribution in [2.24, 2.45) is 0 Å². The van der Waals surface area contributed by atoms with Crippen molar-refractivity contribution in [1.29, 1.82) is 0 Å². The number of rotatable bonds is 10. The molecule has 1 rings (SSSR count). The largest absolute Gasteiger partial charge is 0.427 e. The van der Waals surface area contributed by atoms with Gasteiger partial charge in [0.2, 0.25) is 0 Å². The number of ether oxygens (including phenoxy) is 1. The molecule has 22 heavy (non-hydrogen) atoms. The van der Waals surface area contributed by atoms with E-state index in [2.05, 4.69) is 6.58 Å². The molecule has 122 valence electrons. The third-order valence-corrected chi connectivity index (χ3v) is 4.01. The van der Waals surface area contributed by atoms with E-state index >= 15 is 0 Å². The number of unbranched alkanes of at least 4 members (excludes halogenated alkanes) is 5. The fourth-order valence-corrected chi connectivity index (χ4v) is 2.43. The van der Waals surface area contributed by atoms with Gasteiger partial charge in [-0.25, -0.2) is 0 Å². The van der Waals surface area contributed by atoms with Crippen molar-refractivity contribution in [3.8, 4) is 5.75 Å². The lowest BCUT2D eigenvalue weighted by atomic mass is 10.1. The van der Waals surface area contributed by atoms with Crippen LogP contribution in [0.5, 0.6) is 5.75 Å². The van der Waals surface area contributed by atoms with Gasteiger partial charge in [-0.05, 0) is 43.5 Å². The standard InChI is InChI=1S/C16H22O5S/c1-2-3-4-5-6-7-8-9-16(17)21-14-10-12-15(13-11-14)22(18,19)20/h2,10-13H,1,3-9H2,(H,18,19,20). The zero-order valence-electron chi connectivity index (χ0n) is 12.5. The summed E-state index contributed by atoms with van der Waals surface area (Å²) in [6.07, 6.45) is 8.38. The first-order valence-electron chi connectivity index (χ1n) is 7.32. The van der Waals surface area contributed by atoms with Gasteiger partial charge in [-0.3, -0.25) is 9.35 Å². The van der Waals surface area contributed by atoms with Gasteiger partial charge >= 0.3 is 5.97 Å². The highest BCUT2D eigenvalue weighted by Gasteiger charge is 2.10. The minimum Gasteiger partial charge on any atom is -0.427 e. The SMILES string of the molecule is C=CCCCCCCCC(=O)Oc1ccc(S(=O)(=O)O)cc1. The van der Waals surface area contributed by atoms with E-state index in [0.29, 0.717) is 6.42 Å². The molecule has 0 bridgehead atoms. The van der Waals surface area contributed by atoms with Gasteiger partial charge in [0.25, 0.3) is 10.1 Å². The molecule has 0 aliphatic heterocycles. The number of allylic oxidation sites excluding steroid dienone is 1. The molecule has 1 N–H and O–H groups in total. The highest BCUT2D eigenvalue weighted by Crippen LogP contribution is 2.16. The maximum absolute atomic E-state index is 11.6. The Morgan fingerprint density at radius 3 is 2.27 bits per heavy atom. The zero-order chi connectivity index (χ0) is 16.4. The van der Waals surface area contributed by atoms with Gasteiger partial charge in [0.1, 0.15) is 5.75 Å². The minimum atomic E-state index is -4.22. The summed E-state index contributed by atoms with van der Waals surface area (Å²) < 4.78 is 35.7. The number of hydrogen-bond acceptors (Lipinski definition) is 4. The molecular weight excluding hydrogens is 304 g/mol. The van der Waals surface area contributed by atoms with E-state index in [1.54, 1.807) is 0 Å². The first-order chi connectivity index (χ1) is 10.4. The van der Waals surface area contributed by atoms with Crippen LogP contribution in [0, 0.1) is 0 Å². The molecule has 0 unspecified atom stereocenters. The average molecular weight is 326 g/mol. The van der Waals surface area contributed by atoms with E-state index in [9.17, 15) is 13.2 Å². The average Bonchev–Trinajstić information content (AvgIpc) is 2.46. The topological polar surface area (TPSA) is 80.7 Å². The maximum atomic E-state index is 11.6. The summed E-state index contributed by atoms with van der Waals surface area (Å²) in [7, 11) is -4.22. The Morgan fingerprint density at radius 1 is 1.09 bits per heavy atom. The zero-order valence-corrected chi connectivity index (χ0v) is 13.3. The molecule has 0 atom stereocenters. The first-order valence-corrected chi connectivity index (χ1v) is 8.76. The molecule has 0 fully saturated rings. The lowest BCUT2D eigenvalue weighted by Gasteiger charge is -2.05. The van der Waals surface area contributed by atoms with Crippen molar-refractivity contribution in [2.45, 2.75) is 49.8 Å². The number of carbonyl (C=O) groups is 1. The molecule has 0 aromatic heterocycles. The van der Waals surface area contributed by atoms with E-state index in [-0.39, 0.29) is 16.6 Å². The van der Waals surface area contributed by atoms with E-state index in [4.69, 9.17) is 9.29 Å². The summed E-state index contributed by atoms with van der Waals surface area (Å²) in [5, 5.41) is 0. The Balaban J connectivity index is 2.26. The predicted octanol–water partition coefficient (Wildman–Crippen LogP) is 3.76. The van der Waals surface area contributed by atoms with Crippen LogP contribution in [-0.2, 0) is 14.9 Å². The Hall–Kier alpha value is -1.66. The number of benzene rings is 1. The second-order valence-corrected chi connectivity index (χ2v) is 6.44. The van der Waals surface area contributed by atoms with Gasteiger partial charge < -0.3 is 4.74 Å². The highest BCUT2D eigenvalue weighted by atomic mass is 32.2.